The lowest BCUT2D eigenvalue weighted by molar-refractivity contribution is -0.123. The normalized spacial score (nSPS) is 13.2. The Hall–Kier alpha value is -3.73. The second-order valence-electron chi connectivity index (χ2n) is 5.94. The van der Waals surface area contributed by atoms with Gasteiger partial charge >= 0.3 is 5.91 Å². The molecule has 0 fully saturated rings. The molecular formula is C19H19N3O7S. The number of hydrogen-bond acceptors (Lipinski definition) is 7. The van der Waals surface area contributed by atoms with E-state index in [0.29, 0.717) is 12.4 Å². The molecule has 11 heteroatoms. The molecule has 30 heavy (non-hydrogen) atoms. The number of hydrazine groups is 1. The summed E-state index contributed by atoms with van der Waals surface area (Å²) in [6, 6.07) is 11.9. The molecule has 0 saturated carbocycles. The number of nitrogens with one attached hydrogen (secondary N) is 3. The molecule has 3 rings (SSSR count). The first-order valence-electron chi connectivity index (χ1n) is 8.72. The van der Waals surface area contributed by atoms with Crippen LogP contribution in [0.3, 0.4) is 0 Å². The Kier molecular flexibility index (Phi) is 6.42. The van der Waals surface area contributed by atoms with Crippen molar-refractivity contribution in [1.29, 1.82) is 0 Å². The van der Waals surface area contributed by atoms with E-state index in [1.165, 1.54) is 31.4 Å². The van der Waals surface area contributed by atoms with Gasteiger partial charge in [-0.15, -0.1) is 0 Å². The van der Waals surface area contributed by atoms with Gasteiger partial charge in [0.1, 0.15) is 25.2 Å². The molecule has 158 valence electrons. The number of anilines is 1. The van der Waals surface area contributed by atoms with Gasteiger partial charge < -0.3 is 14.2 Å². The molecule has 1 aliphatic rings. The van der Waals surface area contributed by atoms with Crippen LogP contribution in [0.4, 0.5) is 5.69 Å². The number of carbonyl (C=O) groups excluding carboxylic acids is 2. The van der Waals surface area contributed by atoms with Crippen LogP contribution in [-0.4, -0.2) is 40.6 Å². The lowest BCUT2D eigenvalue weighted by Crippen LogP contribution is -2.43. The molecule has 1 aliphatic heterocycles. The predicted octanol–water partition coefficient (Wildman–Crippen LogP) is 1.15. The Balaban J connectivity index is 1.70. The number of rotatable bonds is 6. The van der Waals surface area contributed by atoms with Crippen molar-refractivity contribution in [3.05, 3.63) is 66.1 Å². The Morgan fingerprint density at radius 3 is 2.50 bits per heavy atom. The summed E-state index contributed by atoms with van der Waals surface area (Å²) in [5, 5.41) is 0. The van der Waals surface area contributed by atoms with Gasteiger partial charge in [-0.25, -0.2) is 8.42 Å². The first-order chi connectivity index (χ1) is 14.4. The van der Waals surface area contributed by atoms with Gasteiger partial charge in [0, 0.05) is 5.56 Å². The van der Waals surface area contributed by atoms with E-state index < -0.39 is 21.8 Å². The number of benzene rings is 2. The second-order valence-corrected chi connectivity index (χ2v) is 7.63. The number of carbonyl (C=O) groups is 2. The van der Waals surface area contributed by atoms with Crippen LogP contribution in [-0.2, 0) is 24.3 Å². The fourth-order valence-electron chi connectivity index (χ4n) is 2.47. The largest absolute Gasteiger partial charge is 0.495 e. The third kappa shape index (κ3) is 5.00. The molecular weight excluding hydrogens is 414 g/mol. The standard InChI is InChI=1S/C19H19N3O7S/c1-27-16-8-3-2-7-15(16)22-30(25,26)14-6-4-5-13(11-14)18(23)20-21-19(24)17-12-28-9-10-29-17/h2-8,11-12,22H,9-10H2,1H3,(H,20,23)(H,21,24). The average molecular weight is 433 g/mol. The van der Waals surface area contributed by atoms with Crippen LogP contribution in [0.1, 0.15) is 10.4 Å². The zero-order valence-electron chi connectivity index (χ0n) is 15.9. The Morgan fingerprint density at radius 2 is 1.77 bits per heavy atom. The SMILES string of the molecule is COc1ccccc1NS(=O)(=O)c1cccc(C(=O)NNC(=O)C2=COCCO2)c1. The van der Waals surface area contributed by atoms with Crippen LogP contribution >= 0.6 is 0 Å². The summed E-state index contributed by atoms with van der Waals surface area (Å²) in [4.78, 5) is 24.1. The summed E-state index contributed by atoms with van der Waals surface area (Å²) in [6.45, 7) is 0.541. The van der Waals surface area contributed by atoms with Crippen LogP contribution < -0.4 is 20.3 Å². The Morgan fingerprint density at radius 1 is 1.00 bits per heavy atom. The molecule has 3 N–H and O–H groups in total. The number of methoxy groups -OCH3 is 1. The van der Waals surface area contributed by atoms with Crippen LogP contribution in [0.15, 0.2) is 65.4 Å². The van der Waals surface area contributed by atoms with Gasteiger partial charge in [-0.05, 0) is 30.3 Å². The van der Waals surface area contributed by atoms with Gasteiger partial charge in [0.15, 0.2) is 0 Å². The molecule has 0 saturated heterocycles. The molecule has 0 spiro atoms. The predicted molar refractivity (Wildman–Crippen MR) is 106 cm³/mol. The highest BCUT2D eigenvalue weighted by atomic mass is 32.2. The van der Waals surface area contributed by atoms with Gasteiger partial charge in [-0.2, -0.15) is 0 Å². The van der Waals surface area contributed by atoms with Crippen molar-refractivity contribution >= 4 is 27.5 Å². The van der Waals surface area contributed by atoms with Gasteiger partial charge in [0.05, 0.1) is 17.7 Å². The molecule has 0 atom stereocenters. The fourth-order valence-corrected chi connectivity index (χ4v) is 3.59. The van der Waals surface area contributed by atoms with Crippen LogP contribution in [0.25, 0.3) is 0 Å². The monoisotopic (exact) mass is 433 g/mol. The van der Waals surface area contributed by atoms with E-state index in [2.05, 4.69) is 15.6 Å². The Bertz CT molecular complexity index is 1080. The number of para-hydroxylation sites is 2. The fraction of sp³-hybridized carbons (Fsp3) is 0.158. The quantitative estimate of drug-likeness (QED) is 0.582. The van der Waals surface area contributed by atoms with Gasteiger partial charge in [-0.3, -0.25) is 25.2 Å². The topological polar surface area (TPSA) is 132 Å². The molecule has 2 aromatic rings. The summed E-state index contributed by atoms with van der Waals surface area (Å²) in [5.41, 5.74) is 4.64. The van der Waals surface area contributed by atoms with E-state index in [4.69, 9.17) is 14.2 Å². The third-order valence-electron chi connectivity index (χ3n) is 3.92. The zero-order valence-corrected chi connectivity index (χ0v) is 16.7. The molecule has 0 radical (unpaired) electrons. The minimum absolute atomic E-state index is 0.0213. The number of ether oxygens (including phenoxy) is 3. The van der Waals surface area contributed by atoms with Crippen LogP contribution in [0.5, 0.6) is 5.75 Å². The highest BCUT2D eigenvalue weighted by Crippen LogP contribution is 2.26. The van der Waals surface area contributed by atoms with Crippen molar-refractivity contribution in [3.8, 4) is 5.75 Å². The lowest BCUT2D eigenvalue weighted by Gasteiger charge is -2.15. The van der Waals surface area contributed by atoms with Crippen molar-refractivity contribution in [2.45, 2.75) is 4.90 Å². The van der Waals surface area contributed by atoms with E-state index >= 15 is 0 Å². The van der Waals surface area contributed by atoms with Crippen molar-refractivity contribution in [2.24, 2.45) is 0 Å². The van der Waals surface area contributed by atoms with E-state index in [-0.39, 0.29) is 28.5 Å². The Labute approximate surface area is 172 Å². The second kappa shape index (κ2) is 9.18. The van der Waals surface area contributed by atoms with Gasteiger partial charge in [-0.1, -0.05) is 18.2 Å². The summed E-state index contributed by atoms with van der Waals surface area (Å²) in [5.74, 6) is -1.15. The van der Waals surface area contributed by atoms with Crippen LogP contribution in [0.2, 0.25) is 0 Å². The molecule has 0 aromatic heterocycles. The van der Waals surface area contributed by atoms with Crippen molar-refractivity contribution in [1.82, 2.24) is 10.9 Å². The first kappa shape index (κ1) is 21.0. The number of sulfonamides is 1. The maximum Gasteiger partial charge on any atom is 0.308 e. The van der Waals surface area contributed by atoms with Crippen LogP contribution in [0, 0.1) is 0 Å². The summed E-state index contributed by atoms with van der Waals surface area (Å²) in [7, 11) is -2.57. The molecule has 2 aromatic carbocycles. The smallest absolute Gasteiger partial charge is 0.308 e. The molecule has 1 heterocycles. The average Bonchev–Trinajstić information content (AvgIpc) is 2.78. The highest BCUT2D eigenvalue weighted by molar-refractivity contribution is 7.92. The zero-order chi connectivity index (χ0) is 21.6. The maximum atomic E-state index is 12.7. The minimum Gasteiger partial charge on any atom is -0.495 e. The lowest BCUT2D eigenvalue weighted by atomic mass is 10.2. The van der Waals surface area contributed by atoms with E-state index in [1.807, 2.05) is 0 Å². The van der Waals surface area contributed by atoms with E-state index in [9.17, 15) is 18.0 Å². The highest BCUT2D eigenvalue weighted by Gasteiger charge is 2.19. The van der Waals surface area contributed by atoms with Crippen molar-refractivity contribution in [3.63, 3.8) is 0 Å². The maximum absolute atomic E-state index is 12.7. The summed E-state index contributed by atoms with van der Waals surface area (Å²) in [6.07, 6.45) is 1.14. The molecule has 0 unspecified atom stereocenters. The van der Waals surface area contributed by atoms with E-state index in [1.54, 1.807) is 24.3 Å². The van der Waals surface area contributed by atoms with Crippen molar-refractivity contribution in [2.75, 3.05) is 25.0 Å². The molecule has 10 nitrogen and oxygen atoms in total. The van der Waals surface area contributed by atoms with Gasteiger partial charge in [0.25, 0.3) is 15.9 Å². The molecule has 0 aliphatic carbocycles. The van der Waals surface area contributed by atoms with Gasteiger partial charge in [0.2, 0.25) is 5.76 Å². The molecule has 2 amide bonds. The number of hydrogen-bond donors (Lipinski definition) is 3. The third-order valence-corrected chi connectivity index (χ3v) is 5.28. The molecule has 0 bridgehead atoms. The van der Waals surface area contributed by atoms with E-state index in [0.717, 1.165) is 6.26 Å². The van der Waals surface area contributed by atoms with Crippen molar-refractivity contribution < 1.29 is 32.2 Å². The summed E-state index contributed by atoms with van der Waals surface area (Å²) < 4.78 is 43.0. The minimum atomic E-state index is -3.99. The summed E-state index contributed by atoms with van der Waals surface area (Å²) >= 11 is 0. The number of amides is 2. The first-order valence-corrected chi connectivity index (χ1v) is 10.2.